The summed E-state index contributed by atoms with van der Waals surface area (Å²) in [6, 6.07) is 12.1. The second-order valence-electron chi connectivity index (χ2n) is 11.2. The van der Waals surface area contributed by atoms with Gasteiger partial charge in [-0.3, -0.25) is 4.90 Å². The molecule has 0 atom stereocenters. The van der Waals surface area contributed by atoms with Crippen LogP contribution in [0.1, 0.15) is 21.7 Å². The number of fused-ring (bicyclic) bond motifs is 1. The highest BCUT2D eigenvalue weighted by Gasteiger charge is 2.32. The predicted molar refractivity (Wildman–Crippen MR) is 158 cm³/mol. The zero-order chi connectivity index (χ0) is 29.5. The number of carbonyl (C=O) groups is 1. The largest absolute Gasteiger partial charge is 0.465 e. The minimum atomic E-state index is -0.424. The highest BCUT2D eigenvalue weighted by atomic mass is 35.5. The van der Waals surface area contributed by atoms with Crippen LogP contribution in [-0.4, -0.2) is 76.9 Å². The van der Waals surface area contributed by atoms with Gasteiger partial charge < -0.3 is 23.7 Å². The van der Waals surface area contributed by atoms with E-state index in [1.807, 2.05) is 18.2 Å². The average Bonchev–Trinajstić information content (AvgIpc) is 3.65. The molecule has 5 heterocycles. The minimum absolute atomic E-state index is 0.0126. The number of benzene rings is 2. The maximum Gasteiger partial charge on any atom is 0.337 e. The fraction of sp³-hybridized carbons (Fsp3) is 0.355. The molecule has 43 heavy (non-hydrogen) atoms. The molecule has 7 rings (SSSR count). The number of imidazole rings is 1. The smallest absolute Gasteiger partial charge is 0.337 e. The first-order chi connectivity index (χ1) is 20.9. The summed E-state index contributed by atoms with van der Waals surface area (Å²) in [5.74, 6) is 1.41. The molecule has 0 aliphatic carbocycles. The van der Waals surface area contributed by atoms with E-state index in [9.17, 15) is 9.18 Å². The van der Waals surface area contributed by atoms with Crippen LogP contribution in [0, 0.1) is 11.7 Å². The Labute approximate surface area is 252 Å². The molecule has 0 saturated carbocycles. The molecule has 0 unspecified atom stereocenters. The molecule has 10 nitrogen and oxygen atoms in total. The van der Waals surface area contributed by atoms with Crippen molar-refractivity contribution in [1.82, 2.24) is 24.4 Å². The Hall–Kier alpha value is -4.06. The van der Waals surface area contributed by atoms with Crippen molar-refractivity contribution >= 4 is 34.4 Å². The van der Waals surface area contributed by atoms with Gasteiger partial charge in [-0.2, -0.15) is 4.98 Å². The molecule has 0 bridgehead atoms. The number of aromatic nitrogens is 4. The third-order valence-corrected chi connectivity index (χ3v) is 8.40. The van der Waals surface area contributed by atoms with Gasteiger partial charge in [-0.1, -0.05) is 17.7 Å². The number of ether oxygens (including phenoxy) is 3. The summed E-state index contributed by atoms with van der Waals surface area (Å²) in [5, 5.41) is 0.337. The lowest BCUT2D eigenvalue weighted by Gasteiger charge is -2.28. The Morgan fingerprint density at radius 3 is 2.60 bits per heavy atom. The highest BCUT2D eigenvalue weighted by Crippen LogP contribution is 2.31. The van der Waals surface area contributed by atoms with Crippen molar-refractivity contribution in [3.05, 3.63) is 87.6 Å². The van der Waals surface area contributed by atoms with Crippen LogP contribution in [0.3, 0.4) is 0 Å². The zero-order valence-electron chi connectivity index (χ0n) is 23.6. The summed E-state index contributed by atoms with van der Waals surface area (Å²) in [6.45, 7) is 6.22. The first kappa shape index (κ1) is 27.8. The summed E-state index contributed by atoms with van der Waals surface area (Å²) in [6.07, 6.45) is 1.66. The van der Waals surface area contributed by atoms with Crippen LogP contribution >= 0.6 is 11.6 Å². The first-order valence-electron chi connectivity index (χ1n) is 14.2. The highest BCUT2D eigenvalue weighted by molar-refractivity contribution is 6.30. The molecule has 0 spiro atoms. The lowest BCUT2D eigenvalue weighted by atomic mass is 10.1. The van der Waals surface area contributed by atoms with Gasteiger partial charge in [-0.05, 0) is 47.5 Å². The van der Waals surface area contributed by atoms with Gasteiger partial charge in [-0.15, -0.1) is 0 Å². The molecule has 0 N–H and O–H groups in total. The van der Waals surface area contributed by atoms with Crippen LogP contribution in [0.4, 0.5) is 10.2 Å². The van der Waals surface area contributed by atoms with Crippen LogP contribution in [0.2, 0.25) is 5.02 Å². The molecule has 12 heteroatoms. The molecular weight excluding hydrogens is 575 g/mol. The Balaban J connectivity index is 1.01. The zero-order valence-corrected chi connectivity index (χ0v) is 24.4. The fourth-order valence-electron chi connectivity index (χ4n) is 5.88. The molecule has 1 saturated heterocycles. The number of rotatable bonds is 9. The van der Waals surface area contributed by atoms with Crippen molar-refractivity contribution in [1.29, 1.82) is 0 Å². The Bertz CT molecular complexity index is 1720. The number of esters is 1. The summed E-state index contributed by atoms with van der Waals surface area (Å²) in [7, 11) is 1.39. The maximum absolute atomic E-state index is 14.1. The Morgan fingerprint density at radius 2 is 1.88 bits per heavy atom. The predicted octanol–water partition coefficient (Wildman–Crippen LogP) is 4.26. The van der Waals surface area contributed by atoms with E-state index in [0.717, 1.165) is 68.6 Å². The Kier molecular flexibility index (Phi) is 7.46. The van der Waals surface area contributed by atoms with Crippen molar-refractivity contribution in [3.63, 3.8) is 0 Å². The minimum Gasteiger partial charge on any atom is -0.465 e. The summed E-state index contributed by atoms with van der Waals surface area (Å²) < 4.78 is 32.4. The van der Waals surface area contributed by atoms with Gasteiger partial charge in [0, 0.05) is 55.4 Å². The maximum atomic E-state index is 14.1. The van der Waals surface area contributed by atoms with E-state index in [1.165, 1.54) is 24.3 Å². The third-order valence-electron chi connectivity index (χ3n) is 8.17. The SMILES string of the molecule is COC(=O)c1ccc2nc(CN3CC4=C(C3)CN(c3ccnc(OCc5ccc(Cl)cc5F)n3)C4)n(CC3COC3)c2c1. The fourth-order valence-corrected chi connectivity index (χ4v) is 6.04. The van der Waals surface area contributed by atoms with E-state index in [-0.39, 0.29) is 18.6 Å². The molecule has 222 valence electrons. The second-order valence-corrected chi connectivity index (χ2v) is 11.6. The number of hydrogen-bond donors (Lipinski definition) is 0. The van der Waals surface area contributed by atoms with Gasteiger partial charge in [0.2, 0.25) is 0 Å². The lowest BCUT2D eigenvalue weighted by molar-refractivity contribution is -0.0393. The van der Waals surface area contributed by atoms with Crippen LogP contribution in [0.25, 0.3) is 11.0 Å². The van der Waals surface area contributed by atoms with Crippen LogP contribution in [-0.2, 0) is 29.2 Å². The lowest BCUT2D eigenvalue weighted by Crippen LogP contribution is -2.33. The topological polar surface area (TPSA) is 94.8 Å². The van der Waals surface area contributed by atoms with Crippen molar-refractivity contribution in [2.45, 2.75) is 19.7 Å². The average molecular weight is 605 g/mol. The standard InChI is InChI=1S/C31H30ClFN6O4/c1-41-30(40)20-3-5-26-27(8-20)39(10-19-16-42-17-19)29(35-26)15-37-11-22-13-38(14-23(22)12-37)28-6-7-34-31(36-28)43-18-21-2-4-24(32)9-25(21)33/h2-9,19H,10-18H2,1H3. The van der Waals surface area contributed by atoms with Crippen LogP contribution in [0.15, 0.2) is 59.8 Å². The molecule has 2 aromatic carbocycles. The van der Waals surface area contributed by atoms with Crippen molar-refractivity contribution in [3.8, 4) is 6.01 Å². The molecule has 4 aromatic rings. The summed E-state index contributed by atoms with van der Waals surface area (Å²) >= 11 is 5.85. The number of nitrogens with zero attached hydrogens (tertiary/aromatic N) is 6. The number of halogens is 2. The quantitative estimate of drug-likeness (QED) is 0.205. The molecule has 1 fully saturated rings. The van der Waals surface area contributed by atoms with E-state index in [0.29, 0.717) is 28.6 Å². The molecule has 0 amide bonds. The number of hydrogen-bond acceptors (Lipinski definition) is 9. The van der Waals surface area contributed by atoms with Crippen LogP contribution < -0.4 is 9.64 Å². The van der Waals surface area contributed by atoms with Crippen molar-refractivity contribution in [2.75, 3.05) is 51.4 Å². The van der Waals surface area contributed by atoms with E-state index in [4.69, 9.17) is 30.8 Å². The van der Waals surface area contributed by atoms with Crippen LogP contribution in [0.5, 0.6) is 6.01 Å². The second kappa shape index (κ2) is 11.6. The van der Waals surface area contributed by atoms with E-state index >= 15 is 0 Å². The van der Waals surface area contributed by atoms with Gasteiger partial charge >= 0.3 is 12.0 Å². The van der Waals surface area contributed by atoms with E-state index in [1.54, 1.807) is 24.4 Å². The molecular formula is C31H30ClFN6O4. The van der Waals surface area contributed by atoms with Gasteiger partial charge in [0.1, 0.15) is 24.1 Å². The number of anilines is 1. The first-order valence-corrected chi connectivity index (χ1v) is 14.5. The van der Waals surface area contributed by atoms with Gasteiger partial charge in [-0.25, -0.2) is 19.2 Å². The monoisotopic (exact) mass is 604 g/mol. The third kappa shape index (κ3) is 5.67. The molecule has 3 aliphatic heterocycles. The summed E-state index contributed by atoms with van der Waals surface area (Å²) in [4.78, 5) is 30.6. The Morgan fingerprint density at radius 1 is 1.07 bits per heavy atom. The molecule has 2 aromatic heterocycles. The summed E-state index contributed by atoms with van der Waals surface area (Å²) in [5.41, 5.74) is 5.48. The van der Waals surface area contributed by atoms with Crippen molar-refractivity contribution < 1.29 is 23.4 Å². The molecule has 3 aliphatic rings. The van der Waals surface area contributed by atoms with E-state index in [2.05, 4.69) is 24.3 Å². The van der Waals surface area contributed by atoms with Crippen molar-refractivity contribution in [2.24, 2.45) is 5.92 Å². The van der Waals surface area contributed by atoms with Gasteiger partial charge in [0.15, 0.2) is 0 Å². The van der Waals surface area contributed by atoms with Gasteiger partial charge in [0.25, 0.3) is 0 Å². The van der Waals surface area contributed by atoms with E-state index < -0.39 is 5.82 Å². The molecule has 0 radical (unpaired) electrons. The normalized spacial score (nSPS) is 17.0. The number of carbonyl (C=O) groups excluding carboxylic acids is 1. The number of methoxy groups -OCH3 is 1. The van der Waals surface area contributed by atoms with Gasteiger partial charge in [0.05, 0.1) is 43.5 Å².